The van der Waals surface area contributed by atoms with Crippen LogP contribution >= 0.6 is 15.9 Å². The highest BCUT2D eigenvalue weighted by Crippen LogP contribution is 2.27. The Bertz CT molecular complexity index is 370. The van der Waals surface area contributed by atoms with Crippen LogP contribution in [0.3, 0.4) is 0 Å². The molecule has 0 saturated carbocycles. The molecule has 1 aliphatic heterocycles. The van der Waals surface area contributed by atoms with Crippen LogP contribution in [0.2, 0.25) is 0 Å². The molecule has 0 bridgehead atoms. The molecule has 1 aliphatic rings. The van der Waals surface area contributed by atoms with E-state index < -0.39 is 0 Å². The monoisotopic (exact) mass is 312 g/mol. The van der Waals surface area contributed by atoms with E-state index in [1.54, 1.807) is 12.4 Å². The number of pyridine rings is 1. The van der Waals surface area contributed by atoms with E-state index in [1.165, 1.54) is 25.9 Å². The molecule has 1 saturated heterocycles. The smallest absolute Gasteiger partial charge is 0.0750 e. The van der Waals surface area contributed by atoms with Crippen LogP contribution in [-0.2, 0) is 0 Å². The molecule has 1 fully saturated rings. The predicted molar refractivity (Wildman–Crippen MR) is 79.7 cm³/mol. The molecule has 0 spiro atoms. The van der Waals surface area contributed by atoms with Gasteiger partial charge in [-0.2, -0.15) is 0 Å². The lowest BCUT2D eigenvalue weighted by Gasteiger charge is -2.21. The molecule has 1 aromatic rings. The zero-order valence-electron chi connectivity index (χ0n) is 10.8. The highest BCUT2D eigenvalue weighted by atomic mass is 79.9. The fraction of sp³-hybridized carbons (Fsp3) is 0.615. The standard InChI is InChI=1S/C13H21BrN4/c1-10(9-18-4-2-3-5-18)6-17-13-11(14)7-16-8-12(13)15/h7-8,10H,2-6,9,15H2,1H3,(H,16,17). The molecule has 4 nitrogen and oxygen atoms in total. The van der Waals surface area contributed by atoms with Gasteiger partial charge < -0.3 is 16.0 Å². The third-order valence-electron chi connectivity index (χ3n) is 3.32. The minimum Gasteiger partial charge on any atom is -0.396 e. The van der Waals surface area contributed by atoms with Crippen LogP contribution in [-0.4, -0.2) is 36.1 Å². The Balaban J connectivity index is 1.83. The summed E-state index contributed by atoms with van der Waals surface area (Å²) >= 11 is 3.47. The van der Waals surface area contributed by atoms with Crippen LogP contribution in [0.15, 0.2) is 16.9 Å². The van der Waals surface area contributed by atoms with Crippen LogP contribution < -0.4 is 11.1 Å². The van der Waals surface area contributed by atoms with Gasteiger partial charge in [0, 0.05) is 19.3 Å². The van der Waals surface area contributed by atoms with Crippen LogP contribution in [0.4, 0.5) is 11.4 Å². The number of hydrogen-bond acceptors (Lipinski definition) is 4. The summed E-state index contributed by atoms with van der Waals surface area (Å²) in [5, 5.41) is 3.42. The van der Waals surface area contributed by atoms with Gasteiger partial charge in [0.25, 0.3) is 0 Å². The molecule has 2 heterocycles. The first kappa shape index (κ1) is 13.6. The van der Waals surface area contributed by atoms with Gasteiger partial charge in [0.1, 0.15) is 0 Å². The summed E-state index contributed by atoms with van der Waals surface area (Å²) in [5.41, 5.74) is 7.55. The fourth-order valence-electron chi connectivity index (χ4n) is 2.38. The Morgan fingerprint density at radius 2 is 2.17 bits per heavy atom. The van der Waals surface area contributed by atoms with E-state index in [9.17, 15) is 0 Å². The summed E-state index contributed by atoms with van der Waals surface area (Å²) in [7, 11) is 0. The van der Waals surface area contributed by atoms with Crippen molar-refractivity contribution in [3.63, 3.8) is 0 Å². The SMILES string of the molecule is CC(CNc1c(N)cncc1Br)CN1CCCC1. The topological polar surface area (TPSA) is 54.2 Å². The molecule has 0 aliphatic carbocycles. The summed E-state index contributed by atoms with van der Waals surface area (Å²) in [5.74, 6) is 0.613. The van der Waals surface area contributed by atoms with Gasteiger partial charge in [-0.3, -0.25) is 4.98 Å². The minimum atomic E-state index is 0.613. The fourth-order valence-corrected chi connectivity index (χ4v) is 2.87. The molecule has 3 N–H and O–H groups in total. The van der Waals surface area contributed by atoms with Gasteiger partial charge in [0.15, 0.2) is 0 Å². The Morgan fingerprint density at radius 3 is 2.83 bits per heavy atom. The number of rotatable bonds is 5. The van der Waals surface area contributed by atoms with E-state index in [4.69, 9.17) is 5.73 Å². The van der Waals surface area contributed by atoms with Crippen molar-refractivity contribution in [3.8, 4) is 0 Å². The molecule has 2 rings (SSSR count). The second-order valence-corrected chi connectivity index (χ2v) is 5.93. The number of halogens is 1. The molecule has 0 amide bonds. The Hall–Kier alpha value is -0.810. The van der Waals surface area contributed by atoms with Crippen LogP contribution in [0.5, 0.6) is 0 Å². The van der Waals surface area contributed by atoms with Crippen molar-refractivity contribution in [3.05, 3.63) is 16.9 Å². The molecular formula is C13H21BrN4. The van der Waals surface area contributed by atoms with E-state index in [-0.39, 0.29) is 0 Å². The van der Waals surface area contributed by atoms with E-state index >= 15 is 0 Å². The maximum Gasteiger partial charge on any atom is 0.0750 e. The van der Waals surface area contributed by atoms with Gasteiger partial charge in [-0.15, -0.1) is 0 Å². The van der Waals surface area contributed by atoms with E-state index in [1.807, 2.05) is 0 Å². The van der Waals surface area contributed by atoms with E-state index in [0.29, 0.717) is 11.6 Å². The maximum absolute atomic E-state index is 5.91. The Kier molecular flexibility index (Phi) is 4.83. The number of likely N-dealkylation sites (tertiary alicyclic amines) is 1. The number of aromatic nitrogens is 1. The Labute approximate surface area is 117 Å². The van der Waals surface area contributed by atoms with Gasteiger partial charge in [-0.25, -0.2) is 0 Å². The van der Waals surface area contributed by atoms with Gasteiger partial charge in [-0.1, -0.05) is 6.92 Å². The lowest BCUT2D eigenvalue weighted by molar-refractivity contribution is 0.294. The van der Waals surface area contributed by atoms with Crippen molar-refractivity contribution in [2.45, 2.75) is 19.8 Å². The van der Waals surface area contributed by atoms with Gasteiger partial charge in [-0.05, 0) is 47.8 Å². The van der Waals surface area contributed by atoms with Crippen molar-refractivity contribution in [2.24, 2.45) is 5.92 Å². The molecule has 1 aromatic heterocycles. The van der Waals surface area contributed by atoms with Crippen LogP contribution in [0.25, 0.3) is 0 Å². The first-order chi connectivity index (χ1) is 8.66. The molecule has 0 aromatic carbocycles. The van der Waals surface area contributed by atoms with Crippen molar-refractivity contribution in [2.75, 3.05) is 37.2 Å². The van der Waals surface area contributed by atoms with Gasteiger partial charge in [0.2, 0.25) is 0 Å². The number of nitrogens with two attached hydrogens (primary N) is 1. The van der Waals surface area contributed by atoms with Gasteiger partial charge >= 0.3 is 0 Å². The van der Waals surface area contributed by atoms with E-state index in [2.05, 4.69) is 38.1 Å². The van der Waals surface area contributed by atoms with Crippen molar-refractivity contribution in [1.82, 2.24) is 9.88 Å². The zero-order valence-corrected chi connectivity index (χ0v) is 12.4. The molecule has 18 heavy (non-hydrogen) atoms. The second-order valence-electron chi connectivity index (χ2n) is 5.08. The summed E-state index contributed by atoms with van der Waals surface area (Å²) in [6, 6.07) is 0. The van der Waals surface area contributed by atoms with Crippen LogP contribution in [0, 0.1) is 5.92 Å². The first-order valence-electron chi connectivity index (χ1n) is 6.52. The van der Waals surface area contributed by atoms with Crippen molar-refractivity contribution in [1.29, 1.82) is 0 Å². The summed E-state index contributed by atoms with van der Waals surface area (Å²) < 4.78 is 0.927. The number of nitrogens with zero attached hydrogens (tertiary/aromatic N) is 2. The predicted octanol–water partition coefficient (Wildman–Crippen LogP) is 2.57. The third-order valence-corrected chi connectivity index (χ3v) is 3.93. The molecule has 5 heteroatoms. The molecular weight excluding hydrogens is 292 g/mol. The highest BCUT2D eigenvalue weighted by molar-refractivity contribution is 9.10. The highest BCUT2D eigenvalue weighted by Gasteiger charge is 2.15. The summed E-state index contributed by atoms with van der Waals surface area (Å²) in [6.07, 6.45) is 6.15. The van der Waals surface area contributed by atoms with Crippen molar-refractivity contribution < 1.29 is 0 Å². The average Bonchev–Trinajstić information content (AvgIpc) is 2.81. The molecule has 1 atom stereocenters. The maximum atomic E-state index is 5.91. The van der Waals surface area contributed by atoms with E-state index in [0.717, 1.165) is 23.2 Å². The summed E-state index contributed by atoms with van der Waals surface area (Å²) in [6.45, 7) is 6.88. The molecule has 0 radical (unpaired) electrons. The average molecular weight is 313 g/mol. The molecule has 100 valence electrons. The molecule has 1 unspecified atom stereocenters. The zero-order chi connectivity index (χ0) is 13.0. The minimum absolute atomic E-state index is 0.613. The quantitative estimate of drug-likeness (QED) is 0.877. The number of nitrogens with one attached hydrogen (secondary N) is 1. The first-order valence-corrected chi connectivity index (χ1v) is 7.31. The number of anilines is 2. The van der Waals surface area contributed by atoms with Gasteiger partial charge in [0.05, 0.1) is 22.0 Å². The second kappa shape index (κ2) is 6.38. The third kappa shape index (κ3) is 3.59. The lowest BCUT2D eigenvalue weighted by atomic mass is 10.1. The van der Waals surface area contributed by atoms with Crippen LogP contribution in [0.1, 0.15) is 19.8 Å². The van der Waals surface area contributed by atoms with Crippen molar-refractivity contribution >= 4 is 27.3 Å². The Morgan fingerprint density at radius 1 is 1.44 bits per heavy atom. The lowest BCUT2D eigenvalue weighted by Crippen LogP contribution is -2.29. The summed E-state index contributed by atoms with van der Waals surface area (Å²) in [4.78, 5) is 6.57. The number of hydrogen-bond donors (Lipinski definition) is 2. The largest absolute Gasteiger partial charge is 0.396 e. The normalized spacial score (nSPS) is 17.9. The number of nitrogen functional groups attached to an aromatic ring is 1.